The number of rotatable bonds is 5. The van der Waals surface area contributed by atoms with Crippen LogP contribution in [0.5, 0.6) is 5.75 Å². The Morgan fingerprint density at radius 3 is 2.67 bits per heavy atom. The predicted octanol–water partition coefficient (Wildman–Crippen LogP) is 3.01. The zero-order valence-electron chi connectivity index (χ0n) is 10.6. The molecule has 4 heteroatoms. The highest BCUT2D eigenvalue weighted by atomic mass is 32.1. The van der Waals surface area contributed by atoms with Crippen molar-refractivity contribution in [1.29, 1.82) is 0 Å². The lowest BCUT2D eigenvalue weighted by atomic mass is 10.0. The minimum Gasteiger partial charge on any atom is -0.494 e. The minimum absolute atomic E-state index is 0.0218. The monoisotopic (exact) mass is 262 g/mol. The van der Waals surface area contributed by atoms with Crippen LogP contribution >= 0.6 is 11.3 Å². The first-order chi connectivity index (χ1) is 8.76. The lowest BCUT2D eigenvalue weighted by Crippen LogP contribution is -2.28. The van der Waals surface area contributed by atoms with Gasteiger partial charge in [0.25, 0.3) is 0 Å². The van der Waals surface area contributed by atoms with E-state index in [2.05, 4.69) is 24.5 Å². The summed E-state index contributed by atoms with van der Waals surface area (Å²) in [5, 5.41) is 0. The molecule has 2 aromatic rings. The molecule has 0 saturated heterocycles. The van der Waals surface area contributed by atoms with E-state index in [1.54, 1.807) is 11.3 Å². The number of hydrogen-bond acceptors (Lipinski definition) is 4. The number of ether oxygens (including phenoxy) is 1. The highest BCUT2D eigenvalue weighted by molar-refractivity contribution is 7.12. The summed E-state index contributed by atoms with van der Waals surface area (Å²) in [4.78, 5) is 2.47. The van der Waals surface area contributed by atoms with Crippen LogP contribution < -0.4 is 16.0 Å². The molecule has 0 fully saturated rings. The van der Waals surface area contributed by atoms with Crippen LogP contribution in [-0.2, 0) is 0 Å². The molecule has 18 heavy (non-hydrogen) atoms. The van der Waals surface area contributed by atoms with E-state index >= 15 is 0 Å². The van der Waals surface area contributed by atoms with Gasteiger partial charge < -0.3 is 4.74 Å². The van der Waals surface area contributed by atoms with Gasteiger partial charge in [0.05, 0.1) is 12.6 Å². The minimum atomic E-state index is -0.0218. The molecule has 0 aliphatic carbocycles. The Bertz CT molecular complexity index is 510. The number of hydrazine groups is 1. The Morgan fingerprint density at radius 2 is 2.06 bits per heavy atom. The summed E-state index contributed by atoms with van der Waals surface area (Å²) >= 11 is 1.74. The maximum Gasteiger partial charge on any atom is 0.124 e. The van der Waals surface area contributed by atoms with E-state index < -0.39 is 0 Å². The molecule has 1 atom stereocenters. The summed E-state index contributed by atoms with van der Waals surface area (Å²) in [7, 11) is 0. The van der Waals surface area contributed by atoms with E-state index in [4.69, 9.17) is 10.6 Å². The van der Waals surface area contributed by atoms with Gasteiger partial charge in [-0.25, -0.2) is 5.43 Å². The summed E-state index contributed by atoms with van der Waals surface area (Å²) in [5.74, 6) is 6.60. The van der Waals surface area contributed by atoms with Gasteiger partial charge >= 0.3 is 0 Å². The maximum absolute atomic E-state index is 5.71. The molecule has 1 aromatic carbocycles. The Labute approximate surface area is 112 Å². The average Bonchev–Trinajstić information content (AvgIpc) is 2.79. The molecular weight excluding hydrogens is 244 g/mol. The van der Waals surface area contributed by atoms with Crippen molar-refractivity contribution in [3.05, 3.63) is 51.7 Å². The van der Waals surface area contributed by atoms with Crippen molar-refractivity contribution < 1.29 is 4.74 Å². The molecule has 3 N–H and O–H groups in total. The lowest BCUT2D eigenvalue weighted by molar-refractivity contribution is 0.334. The fraction of sp³-hybridized carbons (Fsp3) is 0.286. The third-order valence-electron chi connectivity index (χ3n) is 2.74. The first kappa shape index (κ1) is 13.1. The third kappa shape index (κ3) is 2.72. The average molecular weight is 262 g/mol. The molecule has 0 spiro atoms. The molecule has 2 rings (SSSR count). The van der Waals surface area contributed by atoms with Gasteiger partial charge in [-0.3, -0.25) is 5.84 Å². The number of para-hydroxylation sites is 1. The topological polar surface area (TPSA) is 47.3 Å². The Kier molecular flexibility index (Phi) is 4.36. The quantitative estimate of drug-likeness (QED) is 0.643. The van der Waals surface area contributed by atoms with Crippen LogP contribution in [0.1, 0.15) is 28.3 Å². The zero-order valence-corrected chi connectivity index (χ0v) is 11.5. The third-order valence-corrected chi connectivity index (χ3v) is 3.81. The van der Waals surface area contributed by atoms with E-state index in [0.29, 0.717) is 6.61 Å². The fourth-order valence-corrected chi connectivity index (χ4v) is 2.90. The summed E-state index contributed by atoms with van der Waals surface area (Å²) in [5.41, 5.74) is 3.95. The second-order valence-corrected chi connectivity index (χ2v) is 5.34. The number of nitrogens with one attached hydrogen (secondary N) is 1. The highest BCUT2D eigenvalue weighted by Gasteiger charge is 2.18. The number of nitrogens with two attached hydrogens (primary N) is 1. The molecule has 96 valence electrons. The number of hydrogen-bond donors (Lipinski definition) is 2. The maximum atomic E-state index is 5.71. The SMILES string of the molecule is CCOc1ccccc1C(NN)c1ccc(C)s1. The van der Waals surface area contributed by atoms with Crippen LogP contribution in [0.3, 0.4) is 0 Å². The van der Waals surface area contributed by atoms with Gasteiger partial charge in [-0.1, -0.05) is 18.2 Å². The molecule has 0 saturated carbocycles. The second kappa shape index (κ2) is 6.00. The van der Waals surface area contributed by atoms with Crippen LogP contribution in [-0.4, -0.2) is 6.61 Å². The first-order valence-corrected chi connectivity index (χ1v) is 6.82. The van der Waals surface area contributed by atoms with Crippen molar-refractivity contribution in [3.8, 4) is 5.75 Å². The van der Waals surface area contributed by atoms with Crippen molar-refractivity contribution in [2.75, 3.05) is 6.61 Å². The zero-order chi connectivity index (χ0) is 13.0. The summed E-state index contributed by atoms with van der Waals surface area (Å²) < 4.78 is 5.66. The van der Waals surface area contributed by atoms with Crippen molar-refractivity contribution in [1.82, 2.24) is 5.43 Å². The van der Waals surface area contributed by atoms with Gasteiger partial charge in [0.15, 0.2) is 0 Å². The molecular formula is C14H18N2OS. The van der Waals surface area contributed by atoms with Crippen LogP contribution in [0.15, 0.2) is 36.4 Å². The Balaban J connectivity index is 2.38. The van der Waals surface area contributed by atoms with Crippen molar-refractivity contribution >= 4 is 11.3 Å². The van der Waals surface area contributed by atoms with Gasteiger partial charge in [-0.15, -0.1) is 11.3 Å². The summed E-state index contributed by atoms with van der Waals surface area (Å²) in [6, 6.07) is 12.2. The van der Waals surface area contributed by atoms with E-state index in [9.17, 15) is 0 Å². The van der Waals surface area contributed by atoms with Gasteiger partial charge in [0.2, 0.25) is 0 Å². The van der Waals surface area contributed by atoms with E-state index in [0.717, 1.165) is 11.3 Å². The van der Waals surface area contributed by atoms with Crippen LogP contribution in [0, 0.1) is 6.92 Å². The van der Waals surface area contributed by atoms with Crippen LogP contribution in [0.4, 0.5) is 0 Å². The van der Waals surface area contributed by atoms with Gasteiger partial charge in [0, 0.05) is 15.3 Å². The van der Waals surface area contributed by atoms with Crippen molar-refractivity contribution in [3.63, 3.8) is 0 Å². The Hall–Kier alpha value is -1.36. The van der Waals surface area contributed by atoms with Crippen molar-refractivity contribution in [2.24, 2.45) is 5.84 Å². The molecule has 1 heterocycles. The van der Waals surface area contributed by atoms with Gasteiger partial charge in [-0.05, 0) is 32.0 Å². The number of thiophene rings is 1. The summed E-state index contributed by atoms with van der Waals surface area (Å²) in [6.45, 7) is 4.73. The van der Waals surface area contributed by atoms with Crippen LogP contribution in [0.25, 0.3) is 0 Å². The smallest absolute Gasteiger partial charge is 0.124 e. The predicted molar refractivity (Wildman–Crippen MR) is 75.8 cm³/mol. The van der Waals surface area contributed by atoms with Gasteiger partial charge in [-0.2, -0.15) is 0 Å². The van der Waals surface area contributed by atoms with E-state index in [1.807, 2.05) is 31.2 Å². The molecule has 0 aliphatic rings. The molecule has 0 aliphatic heterocycles. The summed E-state index contributed by atoms with van der Waals surface area (Å²) in [6.07, 6.45) is 0. The number of benzene rings is 1. The molecule has 1 aromatic heterocycles. The fourth-order valence-electron chi connectivity index (χ4n) is 1.94. The van der Waals surface area contributed by atoms with Crippen molar-refractivity contribution in [2.45, 2.75) is 19.9 Å². The molecule has 0 bridgehead atoms. The highest BCUT2D eigenvalue weighted by Crippen LogP contribution is 2.32. The lowest BCUT2D eigenvalue weighted by Gasteiger charge is -2.18. The van der Waals surface area contributed by atoms with Crippen LogP contribution in [0.2, 0.25) is 0 Å². The molecule has 1 unspecified atom stereocenters. The molecule has 0 radical (unpaired) electrons. The standard InChI is InChI=1S/C14H18N2OS/c1-3-17-12-7-5-4-6-11(12)14(16-15)13-9-8-10(2)18-13/h4-9,14,16H,3,15H2,1-2H3. The second-order valence-electron chi connectivity index (χ2n) is 4.02. The first-order valence-electron chi connectivity index (χ1n) is 6.00. The van der Waals surface area contributed by atoms with E-state index in [-0.39, 0.29) is 6.04 Å². The largest absolute Gasteiger partial charge is 0.494 e. The Morgan fingerprint density at radius 1 is 1.28 bits per heavy atom. The number of aryl methyl sites for hydroxylation is 1. The van der Waals surface area contributed by atoms with Gasteiger partial charge in [0.1, 0.15) is 5.75 Å². The molecule has 0 amide bonds. The normalized spacial score (nSPS) is 12.4. The van der Waals surface area contributed by atoms with E-state index in [1.165, 1.54) is 9.75 Å². The molecule has 3 nitrogen and oxygen atoms in total.